The van der Waals surface area contributed by atoms with E-state index in [2.05, 4.69) is 26.2 Å². The van der Waals surface area contributed by atoms with Crippen LogP contribution < -0.4 is 5.32 Å². The van der Waals surface area contributed by atoms with E-state index >= 15 is 0 Å². The van der Waals surface area contributed by atoms with E-state index in [9.17, 15) is 5.11 Å². The molecule has 4 heteroatoms. The van der Waals surface area contributed by atoms with E-state index in [4.69, 9.17) is 0 Å². The number of halogens is 1. The lowest BCUT2D eigenvalue weighted by molar-refractivity contribution is 0.223. The summed E-state index contributed by atoms with van der Waals surface area (Å²) in [6.07, 6.45) is 1.75. The summed E-state index contributed by atoms with van der Waals surface area (Å²) < 4.78 is 0.945. The average Bonchev–Trinajstić information content (AvgIpc) is 2.43. The van der Waals surface area contributed by atoms with Gasteiger partial charge in [0, 0.05) is 10.7 Å². The maximum Gasteiger partial charge on any atom is 0.129 e. The molecule has 0 radical (unpaired) electrons. The van der Waals surface area contributed by atoms with Gasteiger partial charge in [0.2, 0.25) is 0 Å². The molecule has 1 unspecified atom stereocenters. The van der Waals surface area contributed by atoms with E-state index in [0.29, 0.717) is 0 Å². The van der Waals surface area contributed by atoms with Crippen molar-refractivity contribution in [1.29, 1.82) is 0 Å². The number of anilines is 1. The van der Waals surface area contributed by atoms with Gasteiger partial charge in [-0.2, -0.15) is 0 Å². The second-order valence-electron chi connectivity index (χ2n) is 4.80. The third kappa shape index (κ3) is 3.14. The first kappa shape index (κ1) is 14.0. The number of aryl methyl sites for hydroxylation is 1. The zero-order chi connectivity index (χ0) is 13.9. The number of hydrogen-bond donors (Lipinski definition) is 2. The highest BCUT2D eigenvalue weighted by molar-refractivity contribution is 9.10. The smallest absolute Gasteiger partial charge is 0.129 e. The Balaban J connectivity index is 2.33. The number of aliphatic hydroxyl groups is 1. The predicted octanol–water partition coefficient (Wildman–Crippen LogP) is 3.47. The summed E-state index contributed by atoms with van der Waals surface area (Å²) in [6.45, 7) is 3.95. The van der Waals surface area contributed by atoms with Gasteiger partial charge in [-0.25, -0.2) is 4.98 Å². The minimum atomic E-state index is -0.549. The highest BCUT2D eigenvalue weighted by Gasteiger charge is 2.26. The van der Waals surface area contributed by atoms with Crippen LogP contribution in [0.1, 0.15) is 18.1 Å². The van der Waals surface area contributed by atoms with Crippen LogP contribution in [0.4, 0.5) is 5.82 Å². The van der Waals surface area contributed by atoms with Crippen molar-refractivity contribution in [2.45, 2.75) is 19.4 Å². The van der Waals surface area contributed by atoms with Crippen molar-refractivity contribution in [1.82, 2.24) is 4.98 Å². The Hall–Kier alpha value is -1.39. The number of rotatable bonds is 4. The first-order chi connectivity index (χ1) is 9.05. The summed E-state index contributed by atoms with van der Waals surface area (Å²) in [5, 5.41) is 13.1. The fourth-order valence-corrected chi connectivity index (χ4v) is 2.39. The lowest BCUT2D eigenvalue weighted by Gasteiger charge is -2.30. The van der Waals surface area contributed by atoms with Gasteiger partial charge < -0.3 is 10.4 Å². The maximum absolute atomic E-state index is 9.75. The maximum atomic E-state index is 9.75. The fourth-order valence-electron chi connectivity index (χ4n) is 1.94. The van der Waals surface area contributed by atoms with Gasteiger partial charge in [0.15, 0.2) is 0 Å². The molecule has 1 atom stereocenters. The summed E-state index contributed by atoms with van der Waals surface area (Å²) >= 11 is 3.40. The Morgan fingerprint density at radius 2 is 2.00 bits per heavy atom. The first-order valence-electron chi connectivity index (χ1n) is 6.12. The van der Waals surface area contributed by atoms with Gasteiger partial charge in [0.05, 0.1) is 12.1 Å². The van der Waals surface area contributed by atoms with Gasteiger partial charge in [-0.3, -0.25) is 0 Å². The van der Waals surface area contributed by atoms with Gasteiger partial charge >= 0.3 is 0 Å². The van der Waals surface area contributed by atoms with Crippen LogP contribution in [-0.4, -0.2) is 16.7 Å². The van der Waals surface area contributed by atoms with Gasteiger partial charge in [0.25, 0.3) is 0 Å². The molecule has 0 fully saturated rings. The minimum Gasteiger partial charge on any atom is -0.394 e. The first-order valence-corrected chi connectivity index (χ1v) is 6.91. The standard InChI is InChI=1S/C15H17BrN2O/c1-11-8-13(16)9-17-14(11)18-15(2,10-19)12-6-4-3-5-7-12/h3-9,19H,10H2,1-2H3,(H,17,18). The van der Waals surface area contributed by atoms with Crippen molar-refractivity contribution in [3.63, 3.8) is 0 Å². The lowest BCUT2D eigenvalue weighted by Crippen LogP contribution is -2.36. The Morgan fingerprint density at radius 1 is 1.32 bits per heavy atom. The number of nitrogens with one attached hydrogen (secondary N) is 1. The molecule has 2 rings (SSSR count). The molecule has 2 aromatic rings. The molecule has 0 saturated carbocycles. The molecular weight excluding hydrogens is 304 g/mol. The third-order valence-corrected chi connectivity index (χ3v) is 3.60. The molecular formula is C15H17BrN2O. The minimum absolute atomic E-state index is 0.00576. The highest BCUT2D eigenvalue weighted by atomic mass is 79.9. The van der Waals surface area contributed by atoms with E-state index < -0.39 is 5.54 Å². The van der Waals surface area contributed by atoms with Crippen LogP contribution >= 0.6 is 15.9 Å². The van der Waals surface area contributed by atoms with Crippen LogP contribution in [0.25, 0.3) is 0 Å². The molecule has 100 valence electrons. The summed E-state index contributed by atoms with van der Waals surface area (Å²) in [7, 11) is 0. The monoisotopic (exact) mass is 320 g/mol. The second kappa shape index (κ2) is 5.72. The van der Waals surface area contributed by atoms with Crippen LogP contribution in [0.3, 0.4) is 0 Å². The number of benzene rings is 1. The Morgan fingerprint density at radius 3 is 2.58 bits per heavy atom. The van der Waals surface area contributed by atoms with Crippen molar-refractivity contribution in [2.24, 2.45) is 0 Å². The van der Waals surface area contributed by atoms with Crippen LogP contribution in [0.15, 0.2) is 47.1 Å². The number of nitrogens with zero attached hydrogens (tertiary/aromatic N) is 1. The zero-order valence-electron chi connectivity index (χ0n) is 11.0. The summed E-state index contributed by atoms with van der Waals surface area (Å²) in [6, 6.07) is 11.9. The number of pyridine rings is 1. The van der Waals surface area contributed by atoms with Crippen LogP contribution in [0.2, 0.25) is 0 Å². The third-order valence-electron chi connectivity index (χ3n) is 3.17. The largest absolute Gasteiger partial charge is 0.394 e. The Bertz CT molecular complexity index is 559. The predicted molar refractivity (Wildman–Crippen MR) is 81.2 cm³/mol. The van der Waals surface area contributed by atoms with Crippen molar-refractivity contribution in [3.8, 4) is 0 Å². The molecule has 1 heterocycles. The molecule has 0 aliphatic rings. The molecule has 0 aliphatic heterocycles. The normalized spacial score (nSPS) is 13.9. The molecule has 1 aromatic carbocycles. The molecule has 0 saturated heterocycles. The summed E-state index contributed by atoms with van der Waals surface area (Å²) in [5.74, 6) is 0.781. The average molecular weight is 321 g/mol. The van der Waals surface area contributed by atoms with Crippen molar-refractivity contribution < 1.29 is 5.11 Å². The summed E-state index contributed by atoms with van der Waals surface area (Å²) in [5.41, 5.74) is 1.51. The molecule has 0 spiro atoms. The van der Waals surface area contributed by atoms with Crippen molar-refractivity contribution in [3.05, 3.63) is 58.2 Å². The summed E-state index contributed by atoms with van der Waals surface area (Å²) in [4.78, 5) is 4.37. The molecule has 3 nitrogen and oxygen atoms in total. The lowest BCUT2D eigenvalue weighted by atomic mass is 9.92. The van der Waals surface area contributed by atoms with Gasteiger partial charge in [-0.05, 0) is 47.0 Å². The Kier molecular flexibility index (Phi) is 4.22. The molecule has 2 N–H and O–H groups in total. The van der Waals surface area contributed by atoms with Crippen molar-refractivity contribution >= 4 is 21.7 Å². The van der Waals surface area contributed by atoms with E-state index in [-0.39, 0.29) is 6.61 Å². The second-order valence-corrected chi connectivity index (χ2v) is 5.72. The van der Waals surface area contributed by atoms with Gasteiger partial charge in [-0.15, -0.1) is 0 Å². The van der Waals surface area contributed by atoms with Crippen LogP contribution in [0, 0.1) is 6.92 Å². The van der Waals surface area contributed by atoms with E-state index in [1.807, 2.05) is 50.2 Å². The molecule has 19 heavy (non-hydrogen) atoms. The van der Waals surface area contributed by atoms with E-state index in [1.54, 1.807) is 6.20 Å². The topological polar surface area (TPSA) is 45.2 Å². The number of aromatic nitrogens is 1. The zero-order valence-corrected chi connectivity index (χ0v) is 12.6. The van der Waals surface area contributed by atoms with E-state index in [0.717, 1.165) is 21.4 Å². The Labute approximate surface area is 121 Å². The number of aliphatic hydroxyl groups excluding tert-OH is 1. The fraction of sp³-hybridized carbons (Fsp3) is 0.267. The van der Waals surface area contributed by atoms with Gasteiger partial charge in [0.1, 0.15) is 5.82 Å². The van der Waals surface area contributed by atoms with Crippen LogP contribution in [-0.2, 0) is 5.54 Å². The molecule has 1 aromatic heterocycles. The quantitative estimate of drug-likeness (QED) is 0.906. The van der Waals surface area contributed by atoms with Crippen LogP contribution in [0.5, 0.6) is 0 Å². The molecule has 0 amide bonds. The van der Waals surface area contributed by atoms with E-state index in [1.165, 1.54) is 0 Å². The highest BCUT2D eigenvalue weighted by Crippen LogP contribution is 2.27. The van der Waals surface area contributed by atoms with Gasteiger partial charge in [-0.1, -0.05) is 30.3 Å². The van der Waals surface area contributed by atoms with Crippen molar-refractivity contribution in [2.75, 3.05) is 11.9 Å². The molecule has 0 aliphatic carbocycles. The number of hydrogen-bond acceptors (Lipinski definition) is 3. The molecule has 0 bridgehead atoms. The SMILES string of the molecule is Cc1cc(Br)cnc1NC(C)(CO)c1ccccc1.